The highest BCUT2D eigenvalue weighted by atomic mass is 32.2. The topological polar surface area (TPSA) is 93.4 Å². The summed E-state index contributed by atoms with van der Waals surface area (Å²) in [6, 6.07) is 1.62. The number of aryl methyl sites for hydroxylation is 2. The summed E-state index contributed by atoms with van der Waals surface area (Å²) in [7, 11) is -3.08. The third kappa shape index (κ3) is 3.69. The molecule has 6 nitrogen and oxygen atoms in total. The summed E-state index contributed by atoms with van der Waals surface area (Å²) in [5, 5.41) is 9.05. The van der Waals surface area contributed by atoms with Crippen LogP contribution >= 0.6 is 0 Å². The van der Waals surface area contributed by atoms with E-state index in [1.807, 2.05) is 0 Å². The first-order valence-corrected chi connectivity index (χ1v) is 8.16. The fourth-order valence-electron chi connectivity index (χ4n) is 2.05. The maximum Gasteiger partial charge on any atom is 0.341 e. The number of hydrogen-bond donors (Lipinski definition) is 1. The average Bonchev–Trinajstić information content (AvgIpc) is 2.32. The number of hydrogen-bond acceptors (Lipinski definition) is 4. The average molecular weight is 301 g/mol. The van der Waals surface area contributed by atoms with Crippen LogP contribution in [0.5, 0.6) is 0 Å². The van der Waals surface area contributed by atoms with E-state index in [1.165, 1.54) is 4.57 Å². The molecule has 0 aromatic carbocycles. The highest BCUT2D eigenvalue weighted by molar-refractivity contribution is 7.91. The fourth-order valence-corrected chi connectivity index (χ4v) is 2.91. The van der Waals surface area contributed by atoms with Crippen molar-refractivity contribution in [2.24, 2.45) is 0 Å². The van der Waals surface area contributed by atoms with Gasteiger partial charge in [0, 0.05) is 18.0 Å². The monoisotopic (exact) mass is 301 g/mol. The van der Waals surface area contributed by atoms with Gasteiger partial charge < -0.3 is 9.67 Å². The van der Waals surface area contributed by atoms with Crippen LogP contribution in [0.25, 0.3) is 0 Å². The second-order valence-electron chi connectivity index (χ2n) is 4.70. The first kappa shape index (κ1) is 16.4. The molecule has 0 spiro atoms. The lowest BCUT2D eigenvalue weighted by molar-refractivity contribution is 0.0693. The molecule has 1 aromatic rings. The molecule has 0 saturated carbocycles. The van der Waals surface area contributed by atoms with Crippen LogP contribution in [0.2, 0.25) is 0 Å². The van der Waals surface area contributed by atoms with Crippen molar-refractivity contribution in [2.45, 2.75) is 33.7 Å². The van der Waals surface area contributed by atoms with Gasteiger partial charge in [0.2, 0.25) is 0 Å². The first-order chi connectivity index (χ1) is 9.19. The van der Waals surface area contributed by atoms with E-state index in [1.54, 1.807) is 26.8 Å². The van der Waals surface area contributed by atoms with Crippen LogP contribution in [-0.4, -0.2) is 35.6 Å². The Kier molecular flexibility index (Phi) is 5.10. The smallest absolute Gasteiger partial charge is 0.341 e. The number of pyridine rings is 1. The van der Waals surface area contributed by atoms with Gasteiger partial charge in [-0.15, -0.1) is 0 Å². The van der Waals surface area contributed by atoms with Crippen LogP contribution in [0.3, 0.4) is 0 Å². The summed E-state index contributed by atoms with van der Waals surface area (Å²) < 4.78 is 24.1. The van der Waals surface area contributed by atoms with Crippen LogP contribution in [-0.2, 0) is 16.4 Å². The van der Waals surface area contributed by atoms with E-state index in [4.69, 9.17) is 5.11 Å². The Bertz CT molecular complexity index is 673. The molecule has 0 saturated heterocycles. The maximum atomic E-state index is 12.1. The van der Waals surface area contributed by atoms with Crippen LogP contribution in [0.4, 0.5) is 0 Å². The Morgan fingerprint density at radius 2 is 1.95 bits per heavy atom. The van der Waals surface area contributed by atoms with Gasteiger partial charge in [0.05, 0.1) is 5.75 Å². The van der Waals surface area contributed by atoms with E-state index in [2.05, 4.69) is 0 Å². The van der Waals surface area contributed by atoms with Gasteiger partial charge in [0.1, 0.15) is 15.4 Å². The van der Waals surface area contributed by atoms with E-state index in [0.29, 0.717) is 17.7 Å². The minimum absolute atomic E-state index is 0.00827. The molecule has 0 aliphatic carbocycles. The van der Waals surface area contributed by atoms with Crippen LogP contribution in [0.15, 0.2) is 10.9 Å². The van der Waals surface area contributed by atoms with Crippen LogP contribution < -0.4 is 5.56 Å². The van der Waals surface area contributed by atoms with Gasteiger partial charge in [0.25, 0.3) is 5.56 Å². The van der Waals surface area contributed by atoms with Gasteiger partial charge in [-0.25, -0.2) is 13.2 Å². The number of nitrogens with zero attached hydrogens (tertiary/aromatic N) is 1. The lowest BCUT2D eigenvalue weighted by Crippen LogP contribution is -2.30. The van der Waals surface area contributed by atoms with Gasteiger partial charge in [-0.1, -0.05) is 6.92 Å². The van der Waals surface area contributed by atoms with Crippen LogP contribution in [0, 0.1) is 13.8 Å². The Hall–Kier alpha value is -1.63. The van der Waals surface area contributed by atoms with E-state index in [-0.39, 0.29) is 23.6 Å². The highest BCUT2D eigenvalue weighted by Crippen LogP contribution is 2.07. The second-order valence-corrected chi connectivity index (χ2v) is 7.17. The molecular weight excluding hydrogens is 282 g/mol. The molecule has 0 radical (unpaired) electrons. The zero-order chi connectivity index (χ0) is 15.5. The quantitative estimate of drug-likeness (QED) is 0.845. The van der Waals surface area contributed by atoms with Crippen molar-refractivity contribution >= 4 is 15.8 Å². The van der Waals surface area contributed by atoms with Gasteiger partial charge in [-0.3, -0.25) is 4.79 Å². The van der Waals surface area contributed by atoms with Crippen molar-refractivity contribution in [1.82, 2.24) is 4.57 Å². The van der Waals surface area contributed by atoms with Crippen molar-refractivity contribution < 1.29 is 18.3 Å². The fraction of sp³-hybridized carbons (Fsp3) is 0.538. The predicted octanol–water partition coefficient (Wildman–Crippen LogP) is 0.988. The van der Waals surface area contributed by atoms with Crippen molar-refractivity contribution in [3.8, 4) is 0 Å². The summed E-state index contributed by atoms with van der Waals surface area (Å²) in [5.41, 5.74) is 0.210. The molecule has 20 heavy (non-hydrogen) atoms. The highest BCUT2D eigenvalue weighted by Gasteiger charge is 2.16. The summed E-state index contributed by atoms with van der Waals surface area (Å²) in [5.74, 6) is -1.21. The standard InChI is InChI=1S/C13H19NO5S/c1-4-20(18,19)7-5-6-14-10(3)8-9(2)11(12(14)15)13(16)17/h8H,4-7H2,1-3H3,(H,16,17). The minimum Gasteiger partial charge on any atom is -0.477 e. The number of carbonyl (C=O) groups is 1. The molecule has 0 aliphatic heterocycles. The van der Waals surface area contributed by atoms with Crippen molar-refractivity contribution in [3.63, 3.8) is 0 Å². The number of carboxylic acids is 1. The normalized spacial score (nSPS) is 11.6. The third-order valence-electron chi connectivity index (χ3n) is 3.20. The summed E-state index contributed by atoms with van der Waals surface area (Å²) >= 11 is 0. The molecule has 0 fully saturated rings. The molecule has 1 rings (SSSR count). The Morgan fingerprint density at radius 1 is 1.35 bits per heavy atom. The van der Waals surface area contributed by atoms with Crippen molar-refractivity contribution in [1.29, 1.82) is 0 Å². The molecule has 0 unspecified atom stereocenters. The molecule has 112 valence electrons. The third-order valence-corrected chi connectivity index (χ3v) is 4.99. The molecule has 0 bridgehead atoms. The largest absolute Gasteiger partial charge is 0.477 e. The molecule has 1 heterocycles. The van der Waals surface area contributed by atoms with Gasteiger partial charge in [-0.05, 0) is 31.9 Å². The number of aromatic nitrogens is 1. The molecule has 7 heteroatoms. The molecule has 1 N–H and O–H groups in total. The van der Waals surface area contributed by atoms with E-state index < -0.39 is 21.4 Å². The number of carboxylic acid groups (broad SMARTS) is 1. The molecule has 0 aliphatic rings. The maximum absolute atomic E-state index is 12.1. The second kappa shape index (κ2) is 6.21. The van der Waals surface area contributed by atoms with E-state index in [0.717, 1.165) is 0 Å². The molecular formula is C13H19NO5S. The molecule has 1 aromatic heterocycles. The Labute approximate surface area is 118 Å². The predicted molar refractivity (Wildman–Crippen MR) is 76.1 cm³/mol. The number of sulfone groups is 1. The van der Waals surface area contributed by atoms with Crippen molar-refractivity contribution in [3.05, 3.63) is 33.2 Å². The zero-order valence-corrected chi connectivity index (χ0v) is 12.7. The van der Waals surface area contributed by atoms with Gasteiger partial charge in [0.15, 0.2) is 0 Å². The molecule has 0 amide bonds. The lowest BCUT2D eigenvalue weighted by Gasteiger charge is -2.12. The molecule has 0 atom stereocenters. The van der Waals surface area contributed by atoms with Crippen molar-refractivity contribution in [2.75, 3.05) is 11.5 Å². The summed E-state index contributed by atoms with van der Waals surface area (Å²) in [4.78, 5) is 23.2. The Morgan fingerprint density at radius 3 is 2.45 bits per heavy atom. The minimum atomic E-state index is -3.08. The zero-order valence-electron chi connectivity index (χ0n) is 11.8. The SMILES string of the molecule is CCS(=O)(=O)CCCn1c(C)cc(C)c(C(=O)O)c1=O. The number of aromatic carboxylic acids is 1. The first-order valence-electron chi connectivity index (χ1n) is 6.34. The van der Waals surface area contributed by atoms with Gasteiger partial charge in [-0.2, -0.15) is 0 Å². The summed E-state index contributed by atoms with van der Waals surface area (Å²) in [6.07, 6.45) is 0.291. The van der Waals surface area contributed by atoms with E-state index in [9.17, 15) is 18.0 Å². The van der Waals surface area contributed by atoms with E-state index >= 15 is 0 Å². The Balaban J connectivity index is 3.05. The number of rotatable bonds is 6. The van der Waals surface area contributed by atoms with Gasteiger partial charge >= 0.3 is 5.97 Å². The lowest BCUT2D eigenvalue weighted by atomic mass is 10.1. The summed E-state index contributed by atoms with van der Waals surface area (Å²) in [6.45, 7) is 5.05. The van der Waals surface area contributed by atoms with Crippen LogP contribution in [0.1, 0.15) is 35.0 Å².